The molecule has 140 valence electrons. The molecule has 1 aliphatic rings. The van der Waals surface area contributed by atoms with E-state index in [0.29, 0.717) is 32.3 Å². The summed E-state index contributed by atoms with van der Waals surface area (Å²) < 4.78 is 46.5. The Hall–Kier alpha value is -1.22. The van der Waals surface area contributed by atoms with E-state index in [9.17, 15) is 17.6 Å². The van der Waals surface area contributed by atoms with Gasteiger partial charge in [-0.2, -0.15) is 4.31 Å². The number of nitrogens with zero attached hydrogens (tertiary/aromatic N) is 1. The Morgan fingerprint density at radius 3 is 2.80 bits per heavy atom. The summed E-state index contributed by atoms with van der Waals surface area (Å²) in [6.45, 7) is 0.799. The SMILES string of the molecule is COCCCC1CCCCN1S(=O)(=O)c1cc(C(=O)O)c(Cl)cc1F. The first-order valence-electron chi connectivity index (χ1n) is 8.02. The van der Waals surface area contributed by atoms with E-state index in [4.69, 9.17) is 21.4 Å². The van der Waals surface area contributed by atoms with Crippen molar-refractivity contribution in [1.29, 1.82) is 0 Å². The third-order valence-electron chi connectivity index (χ3n) is 4.30. The molecule has 0 radical (unpaired) electrons. The van der Waals surface area contributed by atoms with Crippen molar-refractivity contribution in [2.24, 2.45) is 0 Å². The van der Waals surface area contributed by atoms with Crippen molar-refractivity contribution in [2.75, 3.05) is 20.3 Å². The fourth-order valence-electron chi connectivity index (χ4n) is 3.06. The molecular weight excluding hydrogens is 373 g/mol. The predicted molar refractivity (Wildman–Crippen MR) is 91.0 cm³/mol. The average Bonchev–Trinajstić information content (AvgIpc) is 2.55. The number of carboxylic acids is 1. The molecule has 2 rings (SSSR count). The van der Waals surface area contributed by atoms with Crippen molar-refractivity contribution in [3.05, 3.63) is 28.5 Å². The van der Waals surface area contributed by atoms with Crippen LogP contribution in [0.1, 0.15) is 42.5 Å². The highest BCUT2D eigenvalue weighted by molar-refractivity contribution is 7.89. The fourth-order valence-corrected chi connectivity index (χ4v) is 5.09. The number of methoxy groups -OCH3 is 1. The maximum Gasteiger partial charge on any atom is 0.337 e. The number of benzene rings is 1. The second kappa shape index (κ2) is 8.44. The molecule has 0 saturated carbocycles. The molecule has 1 heterocycles. The van der Waals surface area contributed by atoms with Crippen molar-refractivity contribution < 1.29 is 27.4 Å². The van der Waals surface area contributed by atoms with Gasteiger partial charge in [-0.3, -0.25) is 0 Å². The minimum atomic E-state index is -4.16. The summed E-state index contributed by atoms with van der Waals surface area (Å²) in [5.41, 5.74) is -0.436. The molecule has 6 nitrogen and oxygen atoms in total. The number of carbonyl (C=O) groups is 1. The van der Waals surface area contributed by atoms with E-state index in [2.05, 4.69) is 0 Å². The van der Waals surface area contributed by atoms with Crippen LogP contribution in [0.25, 0.3) is 0 Å². The maximum absolute atomic E-state index is 14.3. The highest BCUT2D eigenvalue weighted by Crippen LogP contribution is 2.31. The number of carboxylic acid groups (broad SMARTS) is 1. The van der Waals surface area contributed by atoms with Crippen LogP contribution in [0, 0.1) is 5.82 Å². The Morgan fingerprint density at radius 2 is 2.16 bits per heavy atom. The molecule has 1 fully saturated rings. The van der Waals surface area contributed by atoms with Gasteiger partial charge in [0.2, 0.25) is 10.0 Å². The summed E-state index contributed by atoms with van der Waals surface area (Å²) >= 11 is 5.70. The predicted octanol–water partition coefficient (Wildman–Crippen LogP) is 3.15. The molecule has 0 bridgehead atoms. The monoisotopic (exact) mass is 393 g/mol. The van der Waals surface area contributed by atoms with Crippen LogP contribution in [-0.4, -0.2) is 50.1 Å². The van der Waals surface area contributed by atoms with Crippen LogP contribution in [0.15, 0.2) is 17.0 Å². The van der Waals surface area contributed by atoms with Gasteiger partial charge >= 0.3 is 5.97 Å². The van der Waals surface area contributed by atoms with E-state index in [1.165, 1.54) is 4.31 Å². The lowest BCUT2D eigenvalue weighted by Gasteiger charge is -2.35. The summed E-state index contributed by atoms with van der Waals surface area (Å²) in [5.74, 6) is -2.45. The van der Waals surface area contributed by atoms with Crippen LogP contribution in [0.2, 0.25) is 5.02 Å². The van der Waals surface area contributed by atoms with Gasteiger partial charge in [-0.25, -0.2) is 17.6 Å². The Bertz CT molecular complexity index is 740. The van der Waals surface area contributed by atoms with E-state index >= 15 is 0 Å². The number of aromatic carboxylic acids is 1. The molecule has 25 heavy (non-hydrogen) atoms. The van der Waals surface area contributed by atoms with Crippen LogP contribution in [0.3, 0.4) is 0 Å². The second-order valence-electron chi connectivity index (χ2n) is 5.97. The van der Waals surface area contributed by atoms with Gasteiger partial charge in [-0.1, -0.05) is 18.0 Å². The fraction of sp³-hybridized carbons (Fsp3) is 0.562. The van der Waals surface area contributed by atoms with Gasteiger partial charge in [0.05, 0.1) is 10.6 Å². The smallest absolute Gasteiger partial charge is 0.337 e. The summed E-state index contributed by atoms with van der Waals surface area (Å²) in [5, 5.41) is 8.79. The van der Waals surface area contributed by atoms with Crippen LogP contribution in [0.4, 0.5) is 4.39 Å². The van der Waals surface area contributed by atoms with Crippen LogP contribution in [0.5, 0.6) is 0 Å². The van der Waals surface area contributed by atoms with E-state index in [1.54, 1.807) is 7.11 Å². The quantitative estimate of drug-likeness (QED) is 0.719. The first-order valence-corrected chi connectivity index (χ1v) is 9.84. The number of halogens is 2. The van der Waals surface area contributed by atoms with Gasteiger partial charge in [-0.15, -0.1) is 0 Å². The Labute approximate surface area is 151 Å². The Kier molecular flexibility index (Phi) is 6.79. The number of rotatable bonds is 7. The van der Waals surface area contributed by atoms with Gasteiger partial charge in [0.15, 0.2) is 0 Å². The zero-order valence-corrected chi connectivity index (χ0v) is 15.4. The Balaban J connectivity index is 2.38. The van der Waals surface area contributed by atoms with Crippen molar-refractivity contribution in [1.82, 2.24) is 4.31 Å². The minimum absolute atomic E-state index is 0.253. The standard InChI is InChI=1S/C16H21ClFNO5S/c1-24-8-4-6-11-5-2-3-7-19(11)25(22,23)15-9-12(16(20)21)13(17)10-14(15)18/h9-11H,2-8H2,1H3,(H,20,21). The molecule has 1 unspecified atom stereocenters. The first-order chi connectivity index (χ1) is 11.8. The van der Waals surface area contributed by atoms with Crippen LogP contribution in [-0.2, 0) is 14.8 Å². The van der Waals surface area contributed by atoms with E-state index in [-0.39, 0.29) is 17.6 Å². The molecular formula is C16H21ClFNO5S. The van der Waals surface area contributed by atoms with Gasteiger partial charge in [0.25, 0.3) is 0 Å². The summed E-state index contributed by atoms with van der Waals surface area (Å²) in [4.78, 5) is 10.6. The van der Waals surface area contributed by atoms with Gasteiger partial charge < -0.3 is 9.84 Å². The van der Waals surface area contributed by atoms with Crippen molar-refractivity contribution in [2.45, 2.75) is 43.0 Å². The lowest BCUT2D eigenvalue weighted by Crippen LogP contribution is -2.44. The molecule has 9 heteroatoms. The first kappa shape index (κ1) is 20.1. The molecule has 0 aromatic heterocycles. The third kappa shape index (κ3) is 4.49. The zero-order valence-electron chi connectivity index (χ0n) is 13.9. The second-order valence-corrected chi connectivity index (χ2v) is 8.23. The maximum atomic E-state index is 14.3. The minimum Gasteiger partial charge on any atom is -0.478 e. The van der Waals surface area contributed by atoms with Gasteiger partial charge in [0.1, 0.15) is 10.7 Å². The molecule has 1 atom stereocenters. The lowest BCUT2D eigenvalue weighted by molar-refractivity contribution is 0.0696. The number of hydrogen-bond donors (Lipinski definition) is 1. The summed E-state index contributed by atoms with van der Waals surface area (Å²) in [6.07, 6.45) is 3.56. The van der Waals surface area contributed by atoms with E-state index in [1.807, 2.05) is 0 Å². The van der Waals surface area contributed by atoms with Crippen molar-refractivity contribution in [3.63, 3.8) is 0 Å². The molecule has 0 aliphatic carbocycles. The van der Waals surface area contributed by atoms with Crippen LogP contribution < -0.4 is 0 Å². The number of sulfonamides is 1. The highest BCUT2D eigenvalue weighted by atomic mass is 35.5. The van der Waals surface area contributed by atoms with Crippen molar-refractivity contribution in [3.8, 4) is 0 Å². The number of hydrogen-bond acceptors (Lipinski definition) is 4. The zero-order chi connectivity index (χ0) is 18.6. The summed E-state index contributed by atoms with van der Waals surface area (Å²) in [6, 6.07) is 1.29. The van der Waals surface area contributed by atoms with Crippen molar-refractivity contribution >= 4 is 27.6 Å². The molecule has 0 amide bonds. The molecule has 1 aromatic rings. The van der Waals surface area contributed by atoms with Crippen LogP contribution >= 0.6 is 11.6 Å². The third-order valence-corrected chi connectivity index (χ3v) is 6.58. The van der Waals surface area contributed by atoms with E-state index in [0.717, 1.165) is 18.6 Å². The van der Waals surface area contributed by atoms with Gasteiger partial charge in [0, 0.05) is 26.3 Å². The molecule has 1 saturated heterocycles. The summed E-state index contributed by atoms with van der Waals surface area (Å²) in [7, 11) is -2.58. The topological polar surface area (TPSA) is 83.9 Å². The molecule has 0 spiro atoms. The highest BCUT2D eigenvalue weighted by Gasteiger charge is 2.35. The normalized spacial score (nSPS) is 19.1. The van der Waals surface area contributed by atoms with Gasteiger partial charge in [-0.05, 0) is 37.8 Å². The number of piperidine rings is 1. The molecule has 1 aliphatic heterocycles. The largest absolute Gasteiger partial charge is 0.478 e. The molecule has 1 aromatic carbocycles. The lowest BCUT2D eigenvalue weighted by atomic mass is 10.0. The molecule has 1 N–H and O–H groups in total. The number of ether oxygens (including phenoxy) is 1. The average molecular weight is 394 g/mol. The van der Waals surface area contributed by atoms with E-state index < -0.39 is 32.3 Å². The Morgan fingerprint density at radius 1 is 1.44 bits per heavy atom.